The van der Waals surface area contributed by atoms with Gasteiger partial charge in [0.1, 0.15) is 6.04 Å². The third kappa shape index (κ3) is 5.97. The highest BCUT2D eigenvalue weighted by Gasteiger charge is 2.41. The summed E-state index contributed by atoms with van der Waals surface area (Å²) in [6.07, 6.45) is 2.81. The van der Waals surface area contributed by atoms with Crippen molar-refractivity contribution < 1.29 is 19.1 Å². The molecule has 0 saturated carbocycles. The number of fused-ring (bicyclic) bond motifs is 1. The fourth-order valence-electron chi connectivity index (χ4n) is 4.06. The van der Waals surface area contributed by atoms with Crippen molar-refractivity contribution in [3.63, 3.8) is 0 Å². The largest absolute Gasteiger partial charge is 0.467 e. The molecule has 0 bridgehead atoms. The van der Waals surface area contributed by atoms with Crippen LogP contribution in [0.25, 0.3) is 16.8 Å². The second kappa shape index (κ2) is 9.69. The van der Waals surface area contributed by atoms with Crippen molar-refractivity contribution in [3.8, 4) is 0 Å². The number of methoxy groups -OCH3 is 1. The van der Waals surface area contributed by atoms with Gasteiger partial charge in [0.05, 0.1) is 13.7 Å². The second-order valence-corrected chi connectivity index (χ2v) is 15.2. The van der Waals surface area contributed by atoms with E-state index in [2.05, 4.69) is 62.6 Å². The zero-order valence-corrected chi connectivity index (χ0v) is 20.0. The number of esters is 1. The van der Waals surface area contributed by atoms with Crippen LogP contribution in [0.5, 0.6) is 0 Å². The summed E-state index contributed by atoms with van der Waals surface area (Å²) in [5.74, 6) is -0.201. The third-order valence-corrected chi connectivity index (χ3v) is 7.57. The van der Waals surface area contributed by atoms with Crippen LogP contribution in [-0.2, 0) is 20.7 Å². The molecule has 1 aliphatic heterocycles. The molecule has 5 nitrogen and oxygen atoms in total. The Hall–Kier alpha value is -2.60. The summed E-state index contributed by atoms with van der Waals surface area (Å²) in [5, 5.41) is 2.35. The number of benzene rings is 2. The molecule has 3 rings (SSSR count). The van der Waals surface area contributed by atoms with E-state index in [-0.39, 0.29) is 11.9 Å². The number of ether oxygens (including phenoxy) is 2. The summed E-state index contributed by atoms with van der Waals surface area (Å²) in [6.45, 7) is 11.5. The van der Waals surface area contributed by atoms with Crippen LogP contribution in [0.2, 0.25) is 25.7 Å². The van der Waals surface area contributed by atoms with Gasteiger partial charge in [0, 0.05) is 14.6 Å². The Morgan fingerprint density at radius 1 is 1.16 bits per heavy atom. The van der Waals surface area contributed by atoms with E-state index >= 15 is 0 Å². The molecule has 6 heteroatoms. The summed E-state index contributed by atoms with van der Waals surface area (Å²) in [5.41, 5.74) is 2.28. The molecular formula is C25H33NO4Si. The standard InChI is InChI=1S/C25H33NO4Si/c1-6-18-7-9-21-10-8-19(15-22(21)14-18)13-20-16-23(24(27)29-2)26(17-20)25(28)30-11-12-31(3,4)5/h6-10,14-15,20,23H,1,11-13,16-17H2,2-5H3. The minimum atomic E-state index is -1.30. The van der Waals surface area contributed by atoms with Gasteiger partial charge in [-0.15, -0.1) is 0 Å². The van der Waals surface area contributed by atoms with E-state index in [0.717, 1.165) is 18.0 Å². The Bertz CT molecular complexity index is 966. The van der Waals surface area contributed by atoms with Crippen molar-refractivity contribution in [1.82, 2.24) is 4.90 Å². The molecule has 2 unspecified atom stereocenters. The van der Waals surface area contributed by atoms with Crippen LogP contribution in [-0.4, -0.2) is 51.3 Å². The van der Waals surface area contributed by atoms with E-state index in [4.69, 9.17) is 9.47 Å². The van der Waals surface area contributed by atoms with E-state index < -0.39 is 20.2 Å². The van der Waals surface area contributed by atoms with Crippen molar-refractivity contribution in [1.29, 1.82) is 0 Å². The van der Waals surface area contributed by atoms with E-state index in [0.29, 0.717) is 19.6 Å². The molecule has 1 amide bonds. The first kappa shape index (κ1) is 23.1. The number of likely N-dealkylation sites (tertiary alicyclic amines) is 1. The number of carbonyl (C=O) groups is 2. The van der Waals surface area contributed by atoms with Crippen LogP contribution in [0.3, 0.4) is 0 Å². The molecule has 0 N–H and O–H groups in total. The Balaban J connectivity index is 1.70. The molecule has 0 spiro atoms. The fourth-order valence-corrected chi connectivity index (χ4v) is 4.78. The maximum atomic E-state index is 12.7. The van der Waals surface area contributed by atoms with E-state index in [1.54, 1.807) is 4.90 Å². The molecule has 1 heterocycles. The number of nitrogens with zero attached hydrogens (tertiary/aromatic N) is 1. The zero-order chi connectivity index (χ0) is 22.6. The van der Waals surface area contributed by atoms with Gasteiger partial charge in [0.2, 0.25) is 0 Å². The second-order valence-electron chi connectivity index (χ2n) is 9.57. The smallest absolute Gasteiger partial charge is 0.410 e. The van der Waals surface area contributed by atoms with Gasteiger partial charge in [-0.05, 0) is 52.8 Å². The number of hydrogen-bond acceptors (Lipinski definition) is 4. The van der Waals surface area contributed by atoms with Crippen molar-refractivity contribution in [2.75, 3.05) is 20.3 Å². The van der Waals surface area contributed by atoms with Crippen molar-refractivity contribution in [2.45, 2.75) is 44.6 Å². The van der Waals surface area contributed by atoms with Gasteiger partial charge in [-0.3, -0.25) is 4.90 Å². The van der Waals surface area contributed by atoms with Gasteiger partial charge >= 0.3 is 12.1 Å². The number of carbonyl (C=O) groups excluding carboxylic acids is 2. The van der Waals surface area contributed by atoms with Gasteiger partial charge in [-0.1, -0.05) is 62.6 Å². The quantitative estimate of drug-likeness (QED) is 0.430. The monoisotopic (exact) mass is 439 g/mol. The van der Waals surface area contributed by atoms with Crippen LogP contribution in [0, 0.1) is 5.92 Å². The lowest BCUT2D eigenvalue weighted by molar-refractivity contribution is -0.145. The summed E-state index contributed by atoms with van der Waals surface area (Å²) in [6, 6.07) is 13.0. The SMILES string of the molecule is C=Cc1ccc2ccc(CC3CC(C(=O)OC)N(C(=O)OCC[Si](C)(C)C)C3)cc2c1. The molecule has 166 valence electrons. The van der Waals surface area contributed by atoms with Crippen LogP contribution in [0.4, 0.5) is 4.79 Å². The van der Waals surface area contributed by atoms with Gasteiger partial charge in [-0.2, -0.15) is 0 Å². The summed E-state index contributed by atoms with van der Waals surface area (Å²) < 4.78 is 10.5. The lowest BCUT2D eigenvalue weighted by Crippen LogP contribution is -2.41. The molecule has 0 aliphatic carbocycles. The topological polar surface area (TPSA) is 55.8 Å². The highest BCUT2D eigenvalue weighted by Crippen LogP contribution is 2.29. The van der Waals surface area contributed by atoms with Crippen LogP contribution in [0.15, 0.2) is 43.0 Å². The van der Waals surface area contributed by atoms with Gasteiger partial charge in [-0.25, -0.2) is 9.59 Å². The predicted octanol–water partition coefficient (Wildman–Crippen LogP) is 5.36. The normalized spacial score (nSPS) is 18.8. The maximum Gasteiger partial charge on any atom is 0.410 e. The summed E-state index contributed by atoms with van der Waals surface area (Å²) in [4.78, 5) is 26.6. The van der Waals surface area contributed by atoms with E-state index in [9.17, 15) is 9.59 Å². The summed E-state index contributed by atoms with van der Waals surface area (Å²) in [7, 11) is 0.0691. The first-order valence-electron chi connectivity index (χ1n) is 10.9. The van der Waals surface area contributed by atoms with Crippen LogP contribution < -0.4 is 0 Å². The first-order valence-corrected chi connectivity index (χ1v) is 14.6. The number of rotatable bonds is 7. The minimum absolute atomic E-state index is 0.175. The average Bonchev–Trinajstić information content (AvgIpc) is 3.15. The van der Waals surface area contributed by atoms with Gasteiger partial charge in [0.25, 0.3) is 0 Å². The Kier molecular flexibility index (Phi) is 7.21. The van der Waals surface area contributed by atoms with Crippen molar-refractivity contribution >= 4 is 37.0 Å². The highest BCUT2D eigenvalue weighted by molar-refractivity contribution is 6.76. The van der Waals surface area contributed by atoms with Gasteiger partial charge in [0.15, 0.2) is 0 Å². The van der Waals surface area contributed by atoms with Crippen molar-refractivity contribution in [2.24, 2.45) is 5.92 Å². The lowest BCUT2D eigenvalue weighted by atomic mass is 9.94. The molecule has 1 saturated heterocycles. The molecule has 2 aromatic rings. The molecule has 0 radical (unpaired) electrons. The molecule has 2 atom stereocenters. The Labute approximate surface area is 186 Å². The molecule has 31 heavy (non-hydrogen) atoms. The van der Waals surface area contributed by atoms with E-state index in [1.165, 1.54) is 23.4 Å². The van der Waals surface area contributed by atoms with Crippen molar-refractivity contribution in [3.05, 3.63) is 54.1 Å². The molecule has 2 aromatic carbocycles. The lowest BCUT2D eigenvalue weighted by Gasteiger charge is -2.23. The van der Waals surface area contributed by atoms with Crippen LogP contribution >= 0.6 is 0 Å². The number of amides is 1. The van der Waals surface area contributed by atoms with E-state index in [1.807, 2.05) is 6.08 Å². The molecule has 0 aromatic heterocycles. The fraction of sp³-hybridized carbons (Fsp3) is 0.440. The first-order chi connectivity index (χ1) is 14.7. The third-order valence-electron chi connectivity index (χ3n) is 5.86. The molecule has 1 aliphatic rings. The zero-order valence-electron chi connectivity index (χ0n) is 19.0. The Morgan fingerprint density at radius 2 is 1.90 bits per heavy atom. The molecule has 1 fully saturated rings. The van der Waals surface area contributed by atoms with Crippen LogP contribution in [0.1, 0.15) is 17.5 Å². The Morgan fingerprint density at radius 3 is 2.58 bits per heavy atom. The minimum Gasteiger partial charge on any atom is -0.467 e. The van der Waals surface area contributed by atoms with Gasteiger partial charge < -0.3 is 9.47 Å². The highest BCUT2D eigenvalue weighted by atomic mass is 28.3. The summed E-state index contributed by atoms with van der Waals surface area (Å²) >= 11 is 0. The predicted molar refractivity (Wildman–Crippen MR) is 128 cm³/mol. The molecular weight excluding hydrogens is 406 g/mol. The average molecular weight is 440 g/mol. The maximum absolute atomic E-state index is 12.7. The number of hydrogen-bond donors (Lipinski definition) is 0.